The van der Waals surface area contributed by atoms with Gasteiger partial charge in [0, 0.05) is 6.42 Å². The number of ketones is 1. The van der Waals surface area contributed by atoms with Crippen molar-refractivity contribution in [1.82, 2.24) is 0 Å². The van der Waals surface area contributed by atoms with Gasteiger partial charge in [-0.05, 0) is 18.6 Å². The second-order valence-corrected chi connectivity index (χ2v) is 3.18. The number of carbonyl (C=O) groups is 1. The molecule has 0 fully saturated rings. The van der Waals surface area contributed by atoms with E-state index in [9.17, 15) is 4.79 Å². The number of allylic oxidation sites excluding steroid dienone is 1. The zero-order valence-corrected chi connectivity index (χ0v) is 8.23. The summed E-state index contributed by atoms with van der Waals surface area (Å²) < 4.78 is 0. The maximum absolute atomic E-state index is 11.0. The molecule has 0 radical (unpaired) electrons. The first kappa shape index (κ1) is 10.7. The Kier molecular flexibility index (Phi) is 4.08. The zero-order chi connectivity index (χ0) is 10.4. The van der Waals surface area contributed by atoms with E-state index in [2.05, 4.69) is 0 Å². The van der Waals surface area contributed by atoms with Crippen LogP contribution in [-0.2, 0) is 4.79 Å². The molecule has 1 aromatic carbocycles. The van der Waals surface area contributed by atoms with Crippen LogP contribution in [0.2, 0.25) is 0 Å². The van der Waals surface area contributed by atoms with Crippen molar-refractivity contribution in [3.8, 4) is 0 Å². The van der Waals surface area contributed by atoms with Crippen LogP contribution in [0.1, 0.15) is 17.5 Å². The second-order valence-electron chi connectivity index (χ2n) is 3.18. The van der Waals surface area contributed by atoms with E-state index in [0.717, 1.165) is 5.56 Å². The highest BCUT2D eigenvalue weighted by atomic mass is 16.3. The van der Waals surface area contributed by atoms with Crippen LogP contribution in [0.15, 0.2) is 30.3 Å². The van der Waals surface area contributed by atoms with Crippen LogP contribution in [0, 0.1) is 6.92 Å². The van der Waals surface area contributed by atoms with Crippen molar-refractivity contribution in [2.24, 2.45) is 0 Å². The summed E-state index contributed by atoms with van der Waals surface area (Å²) in [6, 6.07) is 7.91. The highest BCUT2D eigenvalue weighted by Gasteiger charge is 1.93. The molecule has 1 rings (SSSR count). The van der Waals surface area contributed by atoms with Gasteiger partial charge in [-0.15, -0.1) is 0 Å². The highest BCUT2D eigenvalue weighted by Crippen LogP contribution is 2.05. The molecule has 2 heteroatoms. The van der Waals surface area contributed by atoms with Gasteiger partial charge in [0.25, 0.3) is 0 Å². The van der Waals surface area contributed by atoms with Crippen LogP contribution in [-0.4, -0.2) is 17.5 Å². The number of hydrogen-bond acceptors (Lipinski definition) is 2. The monoisotopic (exact) mass is 190 g/mol. The van der Waals surface area contributed by atoms with Crippen LogP contribution >= 0.6 is 0 Å². The fourth-order valence-electron chi connectivity index (χ4n) is 1.06. The molecule has 0 saturated heterocycles. The molecule has 1 aromatic rings. The number of aliphatic hydroxyl groups excluding tert-OH is 1. The van der Waals surface area contributed by atoms with E-state index in [1.807, 2.05) is 31.2 Å². The summed E-state index contributed by atoms with van der Waals surface area (Å²) in [5.74, 6) is -0.0481. The Morgan fingerprint density at radius 2 is 2.00 bits per heavy atom. The van der Waals surface area contributed by atoms with E-state index in [1.54, 1.807) is 6.08 Å². The third-order valence-electron chi connectivity index (χ3n) is 1.90. The number of aryl methyl sites for hydroxylation is 1. The third-order valence-corrected chi connectivity index (χ3v) is 1.90. The van der Waals surface area contributed by atoms with E-state index in [1.165, 1.54) is 11.6 Å². The van der Waals surface area contributed by atoms with Gasteiger partial charge in [0.15, 0.2) is 5.78 Å². The number of carbonyl (C=O) groups excluding carboxylic acids is 1. The first-order valence-electron chi connectivity index (χ1n) is 4.61. The van der Waals surface area contributed by atoms with Crippen LogP contribution in [0.4, 0.5) is 0 Å². The number of aliphatic hydroxyl groups is 1. The molecule has 0 bridgehead atoms. The van der Waals surface area contributed by atoms with Gasteiger partial charge in [-0.2, -0.15) is 0 Å². The van der Waals surface area contributed by atoms with E-state index in [4.69, 9.17) is 5.11 Å². The molecule has 0 aliphatic rings. The van der Waals surface area contributed by atoms with E-state index in [0.29, 0.717) is 0 Å². The molecule has 0 heterocycles. The molecule has 0 saturated carbocycles. The second kappa shape index (κ2) is 5.35. The summed E-state index contributed by atoms with van der Waals surface area (Å²) in [5, 5.41) is 8.52. The molecule has 2 nitrogen and oxygen atoms in total. The standard InChI is InChI=1S/C12H14O2/c1-10-2-4-11(5-3-10)6-7-12(14)8-9-13/h2-7,13H,8-9H2,1H3. The van der Waals surface area contributed by atoms with Crippen LogP contribution in [0.5, 0.6) is 0 Å². The van der Waals surface area contributed by atoms with E-state index >= 15 is 0 Å². The van der Waals surface area contributed by atoms with Gasteiger partial charge < -0.3 is 5.11 Å². The average Bonchev–Trinajstić information content (AvgIpc) is 2.17. The van der Waals surface area contributed by atoms with Crippen molar-refractivity contribution in [2.45, 2.75) is 13.3 Å². The average molecular weight is 190 g/mol. The summed E-state index contributed by atoms with van der Waals surface area (Å²) >= 11 is 0. The van der Waals surface area contributed by atoms with Crippen molar-refractivity contribution in [3.63, 3.8) is 0 Å². The summed E-state index contributed by atoms with van der Waals surface area (Å²) in [5.41, 5.74) is 2.20. The Morgan fingerprint density at radius 3 is 2.57 bits per heavy atom. The number of benzene rings is 1. The van der Waals surface area contributed by atoms with Crippen molar-refractivity contribution in [3.05, 3.63) is 41.5 Å². The molecular weight excluding hydrogens is 176 g/mol. The maximum atomic E-state index is 11.0. The lowest BCUT2D eigenvalue weighted by atomic mass is 10.1. The quantitative estimate of drug-likeness (QED) is 0.737. The first-order chi connectivity index (χ1) is 6.72. The van der Waals surface area contributed by atoms with Crippen molar-refractivity contribution < 1.29 is 9.90 Å². The Morgan fingerprint density at radius 1 is 1.36 bits per heavy atom. The van der Waals surface area contributed by atoms with Gasteiger partial charge in [0.2, 0.25) is 0 Å². The minimum atomic E-state index is -0.0862. The predicted molar refractivity (Wildman–Crippen MR) is 56.9 cm³/mol. The van der Waals surface area contributed by atoms with Crippen molar-refractivity contribution in [2.75, 3.05) is 6.61 Å². The van der Waals surface area contributed by atoms with Crippen LogP contribution < -0.4 is 0 Å². The van der Waals surface area contributed by atoms with Gasteiger partial charge >= 0.3 is 0 Å². The van der Waals surface area contributed by atoms with Gasteiger partial charge in [-0.25, -0.2) is 0 Å². The fourth-order valence-corrected chi connectivity index (χ4v) is 1.06. The normalized spacial score (nSPS) is 10.7. The molecule has 0 aliphatic heterocycles. The van der Waals surface area contributed by atoms with E-state index < -0.39 is 0 Å². The van der Waals surface area contributed by atoms with Gasteiger partial charge in [0.05, 0.1) is 6.61 Å². The SMILES string of the molecule is Cc1ccc(C=CC(=O)CCO)cc1. The smallest absolute Gasteiger partial charge is 0.157 e. The molecule has 0 spiro atoms. The first-order valence-corrected chi connectivity index (χ1v) is 4.61. The van der Waals surface area contributed by atoms with Crippen LogP contribution in [0.3, 0.4) is 0 Å². The highest BCUT2D eigenvalue weighted by molar-refractivity contribution is 5.93. The molecular formula is C12H14O2. The lowest BCUT2D eigenvalue weighted by Gasteiger charge is -1.94. The zero-order valence-electron chi connectivity index (χ0n) is 8.23. The topological polar surface area (TPSA) is 37.3 Å². The number of rotatable bonds is 4. The largest absolute Gasteiger partial charge is 0.396 e. The maximum Gasteiger partial charge on any atom is 0.157 e. The minimum absolute atomic E-state index is 0.0481. The Labute approximate surface area is 83.9 Å². The van der Waals surface area contributed by atoms with Crippen molar-refractivity contribution >= 4 is 11.9 Å². The van der Waals surface area contributed by atoms with E-state index in [-0.39, 0.29) is 18.8 Å². The summed E-state index contributed by atoms with van der Waals surface area (Å²) in [6.07, 6.45) is 3.46. The molecule has 0 aromatic heterocycles. The molecule has 74 valence electrons. The lowest BCUT2D eigenvalue weighted by Crippen LogP contribution is -1.95. The third kappa shape index (κ3) is 3.54. The molecule has 0 aliphatic carbocycles. The summed E-state index contributed by atoms with van der Waals surface area (Å²) in [4.78, 5) is 11.0. The lowest BCUT2D eigenvalue weighted by molar-refractivity contribution is -0.115. The Hall–Kier alpha value is -1.41. The Bertz CT molecular complexity index is 323. The Balaban J connectivity index is 2.60. The summed E-state index contributed by atoms with van der Waals surface area (Å²) in [7, 11) is 0. The molecule has 0 unspecified atom stereocenters. The minimum Gasteiger partial charge on any atom is -0.396 e. The van der Waals surface area contributed by atoms with Gasteiger partial charge in [0.1, 0.15) is 0 Å². The van der Waals surface area contributed by atoms with Crippen LogP contribution in [0.25, 0.3) is 6.08 Å². The van der Waals surface area contributed by atoms with Gasteiger partial charge in [-0.3, -0.25) is 4.79 Å². The summed E-state index contributed by atoms with van der Waals surface area (Å²) in [6.45, 7) is 1.93. The molecule has 0 amide bonds. The van der Waals surface area contributed by atoms with Crippen molar-refractivity contribution in [1.29, 1.82) is 0 Å². The fraction of sp³-hybridized carbons (Fsp3) is 0.250. The predicted octanol–water partition coefficient (Wildman–Crippen LogP) is 1.96. The molecule has 0 atom stereocenters. The number of hydrogen-bond donors (Lipinski definition) is 1. The molecule has 1 N–H and O–H groups in total. The molecule has 14 heavy (non-hydrogen) atoms. The van der Waals surface area contributed by atoms with Gasteiger partial charge in [-0.1, -0.05) is 35.9 Å².